The third-order valence-corrected chi connectivity index (χ3v) is 2.25. The maximum atomic E-state index is 5.57. The van der Waals surface area contributed by atoms with Crippen molar-refractivity contribution in [2.45, 2.75) is 12.8 Å². The molecule has 0 saturated carbocycles. The highest BCUT2D eigenvalue weighted by atomic mass is 15.3. The van der Waals surface area contributed by atoms with Crippen LogP contribution < -0.4 is 16.0 Å². The number of anilines is 3. The molecule has 0 amide bonds. The topological polar surface area (TPSA) is 80.0 Å². The van der Waals surface area contributed by atoms with Crippen molar-refractivity contribution in [2.75, 3.05) is 36.1 Å². The third-order valence-electron chi connectivity index (χ3n) is 2.25. The van der Waals surface area contributed by atoms with Crippen molar-refractivity contribution in [3.8, 4) is 0 Å². The Hall–Kier alpha value is -1.59. The predicted molar refractivity (Wildman–Crippen MR) is 55.2 cm³/mol. The van der Waals surface area contributed by atoms with Gasteiger partial charge in [0.2, 0.25) is 17.8 Å². The molecule has 1 aromatic rings. The number of aromatic nitrogens is 3. The maximum Gasteiger partial charge on any atom is 0.231 e. The second-order valence-corrected chi connectivity index (χ2v) is 3.26. The summed E-state index contributed by atoms with van der Waals surface area (Å²) in [6.07, 6.45) is 2.39. The molecule has 1 aliphatic heterocycles. The summed E-state index contributed by atoms with van der Waals surface area (Å²) in [5.74, 6) is 1.48. The van der Waals surface area contributed by atoms with Crippen LogP contribution in [0.2, 0.25) is 0 Å². The van der Waals surface area contributed by atoms with Crippen LogP contribution >= 0.6 is 0 Å². The Kier molecular flexibility index (Phi) is 2.34. The molecule has 6 nitrogen and oxygen atoms in total. The fourth-order valence-corrected chi connectivity index (χ4v) is 1.55. The lowest BCUT2D eigenvalue weighted by Gasteiger charge is -2.15. The smallest absolute Gasteiger partial charge is 0.231 e. The molecule has 14 heavy (non-hydrogen) atoms. The second-order valence-electron chi connectivity index (χ2n) is 3.26. The Morgan fingerprint density at radius 2 is 1.93 bits per heavy atom. The number of nitrogens with zero attached hydrogens (tertiary/aromatic N) is 4. The Morgan fingerprint density at radius 3 is 2.57 bits per heavy atom. The summed E-state index contributed by atoms with van der Waals surface area (Å²) in [4.78, 5) is 14.4. The molecular formula is C8H14N6. The first kappa shape index (κ1) is 8.98. The largest absolute Gasteiger partial charge is 0.368 e. The van der Waals surface area contributed by atoms with E-state index in [2.05, 4.69) is 25.2 Å². The Labute approximate surface area is 82.6 Å². The van der Waals surface area contributed by atoms with E-state index < -0.39 is 0 Å². The zero-order valence-electron chi connectivity index (χ0n) is 8.19. The molecule has 1 aromatic heterocycles. The van der Waals surface area contributed by atoms with Gasteiger partial charge in [-0.1, -0.05) is 0 Å². The van der Waals surface area contributed by atoms with Crippen LogP contribution in [0, 0.1) is 0 Å². The van der Waals surface area contributed by atoms with Gasteiger partial charge in [-0.25, -0.2) is 0 Å². The molecule has 0 atom stereocenters. The number of nitrogens with one attached hydrogen (secondary N) is 1. The van der Waals surface area contributed by atoms with E-state index in [9.17, 15) is 0 Å². The zero-order chi connectivity index (χ0) is 9.97. The van der Waals surface area contributed by atoms with Gasteiger partial charge in [0, 0.05) is 20.1 Å². The van der Waals surface area contributed by atoms with Crippen LogP contribution in [0.5, 0.6) is 0 Å². The lowest BCUT2D eigenvalue weighted by molar-refractivity contribution is 0.886. The van der Waals surface area contributed by atoms with Gasteiger partial charge in [-0.2, -0.15) is 15.0 Å². The number of nitrogen functional groups attached to an aromatic ring is 1. The molecule has 1 fully saturated rings. The fourth-order valence-electron chi connectivity index (χ4n) is 1.55. The summed E-state index contributed by atoms with van der Waals surface area (Å²) < 4.78 is 0. The zero-order valence-corrected chi connectivity index (χ0v) is 8.19. The normalized spacial score (nSPS) is 15.9. The molecule has 0 spiro atoms. The molecule has 2 rings (SSSR count). The van der Waals surface area contributed by atoms with Crippen molar-refractivity contribution in [1.82, 2.24) is 15.0 Å². The van der Waals surface area contributed by atoms with Gasteiger partial charge in [-0.05, 0) is 12.8 Å². The van der Waals surface area contributed by atoms with E-state index in [1.165, 1.54) is 12.8 Å². The molecule has 0 unspecified atom stereocenters. The number of hydrogen-bond acceptors (Lipinski definition) is 6. The van der Waals surface area contributed by atoms with Gasteiger partial charge in [0.1, 0.15) is 0 Å². The molecule has 3 N–H and O–H groups in total. The van der Waals surface area contributed by atoms with Crippen molar-refractivity contribution in [3.05, 3.63) is 0 Å². The molecule has 1 aliphatic rings. The Balaban J connectivity index is 2.27. The average molecular weight is 194 g/mol. The molecule has 0 aromatic carbocycles. The highest BCUT2D eigenvalue weighted by Crippen LogP contribution is 2.17. The van der Waals surface area contributed by atoms with Crippen molar-refractivity contribution in [2.24, 2.45) is 0 Å². The minimum atomic E-state index is 0.270. The van der Waals surface area contributed by atoms with Crippen molar-refractivity contribution in [3.63, 3.8) is 0 Å². The molecule has 0 aliphatic carbocycles. The van der Waals surface area contributed by atoms with Gasteiger partial charge < -0.3 is 16.0 Å². The number of nitrogens with two attached hydrogens (primary N) is 1. The highest BCUT2D eigenvalue weighted by molar-refractivity contribution is 5.41. The van der Waals surface area contributed by atoms with Crippen LogP contribution in [0.15, 0.2) is 0 Å². The van der Waals surface area contributed by atoms with Crippen LogP contribution in [0.3, 0.4) is 0 Å². The lowest BCUT2D eigenvalue weighted by Crippen LogP contribution is -2.21. The summed E-state index contributed by atoms with van der Waals surface area (Å²) in [5.41, 5.74) is 5.57. The number of rotatable bonds is 2. The van der Waals surface area contributed by atoms with Gasteiger partial charge in [-0.15, -0.1) is 0 Å². The molecule has 0 bridgehead atoms. The summed E-state index contributed by atoms with van der Waals surface area (Å²) in [6, 6.07) is 0. The van der Waals surface area contributed by atoms with E-state index >= 15 is 0 Å². The highest BCUT2D eigenvalue weighted by Gasteiger charge is 2.16. The first-order chi connectivity index (χ1) is 6.79. The minimum absolute atomic E-state index is 0.270. The van der Waals surface area contributed by atoms with E-state index in [-0.39, 0.29) is 5.95 Å². The molecule has 1 saturated heterocycles. The second kappa shape index (κ2) is 3.65. The van der Waals surface area contributed by atoms with Gasteiger partial charge in [-0.3, -0.25) is 0 Å². The fraction of sp³-hybridized carbons (Fsp3) is 0.625. The summed E-state index contributed by atoms with van der Waals surface area (Å²) in [7, 11) is 1.77. The summed E-state index contributed by atoms with van der Waals surface area (Å²) in [5, 5.41) is 2.86. The summed E-state index contributed by atoms with van der Waals surface area (Å²) >= 11 is 0. The van der Waals surface area contributed by atoms with Crippen molar-refractivity contribution in [1.29, 1.82) is 0 Å². The Bertz CT molecular complexity index is 320. The monoisotopic (exact) mass is 194 g/mol. The van der Waals surface area contributed by atoms with Crippen molar-refractivity contribution >= 4 is 17.8 Å². The van der Waals surface area contributed by atoms with Gasteiger partial charge in [0.05, 0.1) is 0 Å². The van der Waals surface area contributed by atoms with Crippen LogP contribution in [-0.4, -0.2) is 35.1 Å². The first-order valence-electron chi connectivity index (χ1n) is 4.74. The van der Waals surface area contributed by atoms with Crippen LogP contribution in [0.1, 0.15) is 12.8 Å². The summed E-state index contributed by atoms with van der Waals surface area (Å²) in [6.45, 7) is 2.01. The van der Waals surface area contributed by atoms with Gasteiger partial charge >= 0.3 is 0 Å². The van der Waals surface area contributed by atoms with E-state index in [0.29, 0.717) is 11.9 Å². The van der Waals surface area contributed by atoms with Gasteiger partial charge in [0.25, 0.3) is 0 Å². The minimum Gasteiger partial charge on any atom is -0.368 e. The molecule has 76 valence electrons. The average Bonchev–Trinajstić information content (AvgIpc) is 2.69. The van der Waals surface area contributed by atoms with Crippen molar-refractivity contribution < 1.29 is 0 Å². The molecular weight excluding hydrogens is 180 g/mol. The van der Waals surface area contributed by atoms with Crippen LogP contribution in [0.25, 0.3) is 0 Å². The third kappa shape index (κ3) is 1.68. The van der Waals surface area contributed by atoms with E-state index in [1.807, 2.05) is 0 Å². The standard InChI is InChI=1S/C8H14N6/c1-10-7-11-6(9)12-8(13-7)14-4-2-3-5-14/h2-5H2,1H3,(H3,9,10,11,12,13). The number of hydrogen-bond donors (Lipinski definition) is 2. The first-order valence-corrected chi connectivity index (χ1v) is 4.74. The quantitative estimate of drug-likeness (QED) is 0.695. The maximum absolute atomic E-state index is 5.57. The molecule has 6 heteroatoms. The lowest BCUT2D eigenvalue weighted by atomic mass is 10.4. The van der Waals surface area contributed by atoms with Crippen LogP contribution in [0.4, 0.5) is 17.8 Å². The predicted octanol–water partition coefficient (Wildman–Crippen LogP) is 0.0957. The van der Waals surface area contributed by atoms with E-state index in [0.717, 1.165) is 13.1 Å². The Morgan fingerprint density at radius 1 is 1.21 bits per heavy atom. The van der Waals surface area contributed by atoms with Crippen LogP contribution in [-0.2, 0) is 0 Å². The SMILES string of the molecule is CNc1nc(N)nc(N2CCCC2)n1. The molecule has 0 radical (unpaired) electrons. The molecule has 2 heterocycles. The van der Waals surface area contributed by atoms with E-state index in [1.54, 1.807) is 7.05 Å². The van der Waals surface area contributed by atoms with Gasteiger partial charge in [0.15, 0.2) is 0 Å². The van der Waals surface area contributed by atoms with E-state index in [4.69, 9.17) is 5.73 Å².